The molecule has 0 aliphatic carbocycles. The monoisotopic (exact) mass is 510 g/mol. The van der Waals surface area contributed by atoms with Crippen molar-refractivity contribution < 1.29 is 23.0 Å². The summed E-state index contributed by atoms with van der Waals surface area (Å²) in [5.41, 5.74) is 1.64. The molecule has 0 bridgehead atoms. The predicted molar refractivity (Wildman–Crippen MR) is 131 cm³/mol. The second-order valence-corrected chi connectivity index (χ2v) is 10.1. The maximum Gasteiger partial charge on any atom is 0.410 e. The highest BCUT2D eigenvalue weighted by molar-refractivity contribution is 5.70. The van der Waals surface area contributed by atoms with Gasteiger partial charge in [0.2, 0.25) is 0 Å². The molecule has 194 valence electrons. The molecule has 3 aromatic heterocycles. The van der Waals surface area contributed by atoms with E-state index in [2.05, 4.69) is 15.3 Å². The molecule has 1 saturated heterocycles. The van der Waals surface area contributed by atoms with E-state index in [0.29, 0.717) is 24.5 Å². The van der Waals surface area contributed by atoms with Gasteiger partial charge in [0, 0.05) is 31.3 Å². The number of aryl methyl sites for hydroxylation is 1. The summed E-state index contributed by atoms with van der Waals surface area (Å²) < 4.78 is 45.4. The Morgan fingerprint density at radius 1 is 1.19 bits per heavy atom. The van der Waals surface area contributed by atoms with Crippen molar-refractivity contribution in [3.63, 3.8) is 0 Å². The number of benzene rings is 1. The summed E-state index contributed by atoms with van der Waals surface area (Å²) in [5.74, 6) is -1.54. The molecule has 1 atom stereocenters. The number of rotatable bonds is 4. The summed E-state index contributed by atoms with van der Waals surface area (Å²) in [6.45, 7) is 8.36. The summed E-state index contributed by atoms with van der Waals surface area (Å²) in [5, 5.41) is 7.50. The first-order chi connectivity index (χ1) is 17.6. The number of ether oxygens (including phenoxy) is 2. The number of fused-ring (bicyclic) bond motifs is 1. The number of pyridine rings is 1. The van der Waals surface area contributed by atoms with E-state index in [1.54, 1.807) is 4.90 Å². The lowest BCUT2D eigenvalue weighted by Crippen LogP contribution is -2.48. The highest BCUT2D eigenvalue weighted by atomic mass is 19.1. The van der Waals surface area contributed by atoms with E-state index in [0.717, 1.165) is 5.56 Å². The smallest absolute Gasteiger partial charge is 0.410 e. The highest BCUT2D eigenvalue weighted by Crippen LogP contribution is 2.32. The van der Waals surface area contributed by atoms with E-state index >= 15 is 8.78 Å². The van der Waals surface area contributed by atoms with Crippen molar-refractivity contribution in [3.05, 3.63) is 65.7 Å². The third-order valence-electron chi connectivity index (χ3n) is 6.04. The molecule has 1 unspecified atom stereocenters. The fourth-order valence-electron chi connectivity index (χ4n) is 4.41. The van der Waals surface area contributed by atoms with Crippen molar-refractivity contribution in [2.24, 2.45) is 0 Å². The Hall–Kier alpha value is -3.86. The molecule has 0 saturated carbocycles. The lowest BCUT2D eigenvalue weighted by molar-refractivity contribution is -0.0418. The maximum absolute atomic E-state index is 15.4. The number of carbonyl (C=O) groups is 1. The molecule has 4 aromatic rings. The third-order valence-corrected chi connectivity index (χ3v) is 6.04. The largest absolute Gasteiger partial charge is 0.444 e. The van der Waals surface area contributed by atoms with Gasteiger partial charge in [-0.3, -0.25) is 0 Å². The molecule has 9 nitrogen and oxygen atoms in total. The first kappa shape index (κ1) is 24.8. The van der Waals surface area contributed by atoms with Gasteiger partial charge >= 0.3 is 6.09 Å². The Morgan fingerprint density at radius 3 is 2.62 bits per heavy atom. The van der Waals surface area contributed by atoms with Gasteiger partial charge in [-0.25, -0.2) is 23.2 Å². The fraction of sp³-hybridized carbons (Fsp3) is 0.385. The number of hydrogen-bond acceptors (Lipinski definition) is 6. The van der Waals surface area contributed by atoms with Gasteiger partial charge in [0.1, 0.15) is 22.9 Å². The Bertz CT molecular complexity index is 1420. The number of nitrogens with zero attached hydrogens (tertiary/aromatic N) is 6. The standard InChI is InChI=1S/C26H28F2N6O3/c1-16-5-7-33-21(14-18-15-32(9-10-36-18)25(35)37-26(2,3)4)24(30-22(33)11-16)23-19(27)12-17(13-20(23)28)34-8-6-29-31-34/h5-8,11-13,18H,9-10,14-15H2,1-4H3. The minimum atomic E-state index is -0.771. The van der Waals surface area contributed by atoms with Crippen molar-refractivity contribution in [2.75, 3.05) is 19.7 Å². The number of carbonyl (C=O) groups excluding carboxylic acids is 1. The summed E-state index contributed by atoms with van der Waals surface area (Å²) in [7, 11) is 0. The van der Waals surface area contributed by atoms with Crippen LogP contribution in [-0.4, -0.2) is 66.8 Å². The van der Waals surface area contributed by atoms with Crippen LogP contribution < -0.4 is 0 Å². The maximum atomic E-state index is 15.4. The summed E-state index contributed by atoms with van der Waals surface area (Å²) in [4.78, 5) is 18.8. The van der Waals surface area contributed by atoms with Gasteiger partial charge in [-0.05, 0) is 45.4 Å². The van der Waals surface area contributed by atoms with E-state index in [1.807, 2.05) is 50.4 Å². The van der Waals surface area contributed by atoms with E-state index < -0.39 is 29.4 Å². The number of imidazole rings is 1. The van der Waals surface area contributed by atoms with E-state index in [-0.39, 0.29) is 29.9 Å². The summed E-state index contributed by atoms with van der Waals surface area (Å²) in [6.07, 6.45) is 4.20. The van der Waals surface area contributed by atoms with Crippen molar-refractivity contribution in [1.29, 1.82) is 0 Å². The van der Waals surface area contributed by atoms with Gasteiger partial charge in [-0.2, -0.15) is 0 Å². The van der Waals surface area contributed by atoms with Crippen LogP contribution in [0.2, 0.25) is 0 Å². The van der Waals surface area contributed by atoms with Gasteiger partial charge in [-0.1, -0.05) is 5.21 Å². The molecule has 0 spiro atoms. The summed E-state index contributed by atoms with van der Waals surface area (Å²) >= 11 is 0. The summed E-state index contributed by atoms with van der Waals surface area (Å²) in [6, 6.07) is 6.15. The average molecular weight is 511 g/mol. The lowest BCUT2D eigenvalue weighted by atomic mass is 10.0. The lowest BCUT2D eigenvalue weighted by Gasteiger charge is -2.34. The Morgan fingerprint density at radius 2 is 1.95 bits per heavy atom. The number of halogens is 2. The molecule has 1 aliphatic heterocycles. The number of morpholine rings is 1. The van der Waals surface area contributed by atoms with Gasteiger partial charge in [0.15, 0.2) is 0 Å². The number of aromatic nitrogens is 5. The highest BCUT2D eigenvalue weighted by Gasteiger charge is 2.31. The van der Waals surface area contributed by atoms with Crippen molar-refractivity contribution in [2.45, 2.75) is 45.8 Å². The SMILES string of the molecule is Cc1ccn2c(CC3CN(C(=O)OC(C)(C)C)CCO3)c(-c3c(F)cc(-n4ccnn4)cc3F)nc2c1. The predicted octanol–water partition coefficient (Wildman–Crippen LogP) is 4.35. The first-order valence-corrected chi connectivity index (χ1v) is 12.0. The van der Waals surface area contributed by atoms with Crippen LogP contribution in [0, 0.1) is 18.6 Å². The molecule has 1 aliphatic rings. The number of hydrogen-bond donors (Lipinski definition) is 0. The molecule has 11 heteroatoms. The van der Waals surface area contributed by atoms with Crippen LogP contribution in [0.15, 0.2) is 42.9 Å². The Balaban J connectivity index is 1.52. The Kier molecular flexibility index (Phi) is 6.40. The molecular formula is C26H28F2N6O3. The van der Waals surface area contributed by atoms with Crippen LogP contribution in [0.25, 0.3) is 22.6 Å². The van der Waals surface area contributed by atoms with Crippen LogP contribution >= 0.6 is 0 Å². The normalized spacial score (nSPS) is 16.4. The van der Waals surface area contributed by atoms with E-state index in [1.165, 1.54) is 29.2 Å². The van der Waals surface area contributed by atoms with Crippen molar-refractivity contribution in [1.82, 2.24) is 29.3 Å². The molecule has 0 N–H and O–H groups in total. The molecule has 5 rings (SSSR count). The van der Waals surface area contributed by atoms with Crippen molar-refractivity contribution in [3.8, 4) is 16.9 Å². The quantitative estimate of drug-likeness (QED) is 0.406. The van der Waals surface area contributed by atoms with Crippen LogP contribution in [0.1, 0.15) is 32.0 Å². The third kappa shape index (κ3) is 5.17. The fourth-order valence-corrected chi connectivity index (χ4v) is 4.41. The van der Waals surface area contributed by atoms with Crippen LogP contribution in [0.3, 0.4) is 0 Å². The zero-order valence-electron chi connectivity index (χ0n) is 21.1. The first-order valence-electron chi connectivity index (χ1n) is 12.0. The van der Waals surface area contributed by atoms with Gasteiger partial charge < -0.3 is 18.8 Å². The topological polar surface area (TPSA) is 86.8 Å². The Labute approximate surface area is 212 Å². The van der Waals surface area contributed by atoms with Gasteiger partial charge in [-0.15, -0.1) is 5.10 Å². The second kappa shape index (κ2) is 9.55. The molecular weight excluding hydrogens is 482 g/mol. The second-order valence-electron chi connectivity index (χ2n) is 10.1. The molecule has 37 heavy (non-hydrogen) atoms. The van der Waals surface area contributed by atoms with Crippen LogP contribution in [-0.2, 0) is 15.9 Å². The van der Waals surface area contributed by atoms with Gasteiger partial charge in [0.25, 0.3) is 0 Å². The molecule has 4 heterocycles. The molecule has 1 amide bonds. The van der Waals surface area contributed by atoms with E-state index in [9.17, 15) is 4.79 Å². The molecule has 0 radical (unpaired) electrons. The van der Waals surface area contributed by atoms with Gasteiger partial charge in [0.05, 0.1) is 54.3 Å². The minimum absolute atomic E-state index is 0.184. The minimum Gasteiger partial charge on any atom is -0.444 e. The zero-order chi connectivity index (χ0) is 26.3. The molecule has 1 fully saturated rings. The zero-order valence-corrected chi connectivity index (χ0v) is 21.1. The van der Waals surface area contributed by atoms with Crippen LogP contribution in [0.5, 0.6) is 0 Å². The van der Waals surface area contributed by atoms with Crippen LogP contribution in [0.4, 0.5) is 13.6 Å². The number of amides is 1. The van der Waals surface area contributed by atoms with E-state index in [4.69, 9.17) is 9.47 Å². The van der Waals surface area contributed by atoms with Crippen molar-refractivity contribution >= 4 is 11.7 Å². The average Bonchev–Trinajstić information content (AvgIpc) is 3.47. The molecule has 1 aromatic carbocycles.